The standard InChI is InChI=1S/C30H37ClN4O3S/c1-20(30(2,3)4)15-28(37)38-19-35(12-9-21-16-22-17-27(36)32-25(22)18-24(21)31)13-10-34(11-14-35)29-23-7-5-6-8-26(23)39-33-29/h5-8,16,18,20H,9-15,17,19H2,1-4H3/p+1. The summed E-state index contributed by atoms with van der Waals surface area (Å²) in [5.41, 5.74) is 2.88. The number of ether oxygens (including phenoxy) is 1. The van der Waals surface area contributed by atoms with Gasteiger partial charge in [-0.15, -0.1) is 0 Å². The average Bonchev–Trinajstić information content (AvgIpc) is 3.48. The molecule has 0 saturated carbocycles. The zero-order chi connectivity index (χ0) is 27.8. The molecule has 3 heterocycles. The third-order valence-corrected chi connectivity index (χ3v) is 9.72. The number of carbonyl (C=O) groups is 2. The monoisotopic (exact) mass is 569 g/mol. The fraction of sp³-hybridized carbons (Fsp3) is 0.500. The molecule has 1 atom stereocenters. The fourth-order valence-corrected chi connectivity index (χ4v) is 6.35. The highest BCUT2D eigenvalue weighted by Crippen LogP contribution is 2.33. The zero-order valence-corrected chi connectivity index (χ0v) is 24.8. The smallest absolute Gasteiger partial charge is 0.310 e. The van der Waals surface area contributed by atoms with Gasteiger partial charge in [-0.2, -0.15) is 4.37 Å². The second-order valence-corrected chi connectivity index (χ2v) is 13.4. The van der Waals surface area contributed by atoms with Crippen LogP contribution in [0, 0.1) is 11.3 Å². The van der Waals surface area contributed by atoms with Crippen molar-refractivity contribution < 1.29 is 18.8 Å². The first-order valence-electron chi connectivity index (χ1n) is 13.7. The van der Waals surface area contributed by atoms with Gasteiger partial charge in [0.1, 0.15) is 0 Å². The molecule has 3 aromatic rings. The number of fused-ring (bicyclic) bond motifs is 2. The number of hydrogen-bond acceptors (Lipinski definition) is 6. The summed E-state index contributed by atoms with van der Waals surface area (Å²) in [6.07, 6.45) is 1.55. The van der Waals surface area contributed by atoms with Crippen LogP contribution < -0.4 is 10.2 Å². The highest BCUT2D eigenvalue weighted by atomic mass is 35.5. The topological polar surface area (TPSA) is 71.5 Å². The Balaban J connectivity index is 1.30. The van der Waals surface area contributed by atoms with Gasteiger partial charge in [-0.05, 0) is 52.2 Å². The maximum absolute atomic E-state index is 12.9. The van der Waals surface area contributed by atoms with Crippen LogP contribution in [0.15, 0.2) is 36.4 Å². The van der Waals surface area contributed by atoms with Crippen LogP contribution in [0.3, 0.4) is 0 Å². The number of amides is 1. The summed E-state index contributed by atoms with van der Waals surface area (Å²) in [5, 5.41) is 4.73. The molecule has 39 heavy (non-hydrogen) atoms. The van der Waals surface area contributed by atoms with Gasteiger partial charge in [0.25, 0.3) is 0 Å². The number of hydrogen-bond donors (Lipinski definition) is 1. The van der Waals surface area contributed by atoms with Gasteiger partial charge in [0, 0.05) is 28.9 Å². The van der Waals surface area contributed by atoms with E-state index in [1.165, 1.54) is 21.6 Å². The summed E-state index contributed by atoms with van der Waals surface area (Å²) in [5.74, 6) is 1.14. The predicted molar refractivity (Wildman–Crippen MR) is 158 cm³/mol. The molecule has 0 radical (unpaired) electrons. The van der Waals surface area contributed by atoms with Crippen LogP contribution >= 0.6 is 23.1 Å². The Morgan fingerprint density at radius 1 is 1.23 bits per heavy atom. The Morgan fingerprint density at radius 2 is 1.97 bits per heavy atom. The van der Waals surface area contributed by atoms with Crippen molar-refractivity contribution in [2.45, 2.75) is 47.0 Å². The zero-order valence-electron chi connectivity index (χ0n) is 23.3. The second kappa shape index (κ2) is 11.1. The number of benzene rings is 2. The van der Waals surface area contributed by atoms with Gasteiger partial charge in [-0.25, -0.2) is 0 Å². The Labute approximate surface area is 239 Å². The number of esters is 1. The van der Waals surface area contributed by atoms with E-state index in [9.17, 15) is 9.59 Å². The first-order chi connectivity index (χ1) is 18.5. The van der Waals surface area contributed by atoms with E-state index in [1.807, 2.05) is 12.1 Å². The second-order valence-electron chi connectivity index (χ2n) is 12.2. The molecule has 1 unspecified atom stereocenters. The number of nitrogens with one attached hydrogen (secondary N) is 1. The number of halogens is 1. The largest absolute Gasteiger partial charge is 0.415 e. The molecule has 2 aromatic carbocycles. The lowest BCUT2D eigenvalue weighted by Gasteiger charge is -2.44. The molecule has 0 aliphatic carbocycles. The van der Waals surface area contributed by atoms with Crippen LogP contribution in [-0.2, 0) is 27.2 Å². The number of anilines is 2. The highest BCUT2D eigenvalue weighted by molar-refractivity contribution is 7.13. The summed E-state index contributed by atoms with van der Waals surface area (Å²) in [6.45, 7) is 13.1. The van der Waals surface area contributed by atoms with Crippen molar-refractivity contribution in [1.29, 1.82) is 0 Å². The highest BCUT2D eigenvalue weighted by Gasteiger charge is 2.36. The number of nitrogens with zero attached hydrogens (tertiary/aromatic N) is 3. The molecule has 0 bridgehead atoms. The van der Waals surface area contributed by atoms with E-state index in [2.05, 4.69) is 62.2 Å². The van der Waals surface area contributed by atoms with E-state index in [1.54, 1.807) is 0 Å². The average molecular weight is 570 g/mol. The maximum Gasteiger partial charge on any atom is 0.310 e. The van der Waals surface area contributed by atoms with E-state index >= 15 is 0 Å². The molecular weight excluding hydrogens is 532 g/mol. The predicted octanol–water partition coefficient (Wildman–Crippen LogP) is 5.90. The van der Waals surface area contributed by atoms with E-state index in [-0.39, 0.29) is 23.2 Å². The first kappa shape index (κ1) is 27.9. The minimum Gasteiger partial charge on any atom is -0.415 e. The van der Waals surface area contributed by atoms with Gasteiger partial charge < -0.3 is 15.0 Å². The minimum absolute atomic E-state index is 0.00352. The van der Waals surface area contributed by atoms with Crippen molar-refractivity contribution in [3.63, 3.8) is 0 Å². The van der Waals surface area contributed by atoms with Crippen molar-refractivity contribution in [1.82, 2.24) is 4.37 Å². The molecule has 2 aliphatic heterocycles. The molecule has 1 saturated heterocycles. The molecule has 9 heteroatoms. The molecule has 208 valence electrons. The molecule has 0 spiro atoms. The lowest BCUT2D eigenvalue weighted by Crippen LogP contribution is -2.61. The summed E-state index contributed by atoms with van der Waals surface area (Å²) in [7, 11) is 0. The number of piperazine rings is 1. The Morgan fingerprint density at radius 3 is 2.72 bits per heavy atom. The molecule has 1 aromatic heterocycles. The third-order valence-electron chi connectivity index (χ3n) is 8.55. The Kier molecular flexibility index (Phi) is 7.91. The third kappa shape index (κ3) is 6.23. The molecule has 2 aliphatic rings. The van der Waals surface area contributed by atoms with Gasteiger partial charge in [0.15, 0.2) is 5.82 Å². The summed E-state index contributed by atoms with van der Waals surface area (Å²) >= 11 is 8.17. The van der Waals surface area contributed by atoms with Gasteiger partial charge in [-0.3, -0.25) is 14.1 Å². The lowest BCUT2D eigenvalue weighted by atomic mass is 9.80. The van der Waals surface area contributed by atoms with Gasteiger partial charge in [0.05, 0.1) is 43.8 Å². The van der Waals surface area contributed by atoms with Crippen LogP contribution in [0.2, 0.25) is 5.02 Å². The van der Waals surface area contributed by atoms with Gasteiger partial charge in [-0.1, -0.05) is 57.5 Å². The van der Waals surface area contributed by atoms with Crippen molar-refractivity contribution in [3.05, 3.63) is 52.5 Å². The summed E-state index contributed by atoms with van der Waals surface area (Å²) in [4.78, 5) is 27.1. The van der Waals surface area contributed by atoms with Gasteiger partial charge >= 0.3 is 5.97 Å². The molecule has 1 fully saturated rings. The lowest BCUT2D eigenvalue weighted by molar-refractivity contribution is -0.943. The quantitative estimate of drug-likeness (QED) is 0.270. The molecule has 1 N–H and O–H groups in total. The summed E-state index contributed by atoms with van der Waals surface area (Å²) in [6, 6.07) is 12.3. The van der Waals surface area contributed by atoms with Crippen molar-refractivity contribution in [3.8, 4) is 0 Å². The van der Waals surface area contributed by atoms with Crippen LogP contribution in [-0.4, -0.2) is 60.2 Å². The van der Waals surface area contributed by atoms with Crippen LogP contribution in [0.4, 0.5) is 11.5 Å². The fourth-order valence-electron chi connectivity index (χ4n) is 5.29. The number of quaternary nitrogens is 1. The van der Waals surface area contributed by atoms with Gasteiger partial charge in [0.2, 0.25) is 12.6 Å². The van der Waals surface area contributed by atoms with E-state index in [0.29, 0.717) is 29.1 Å². The molecule has 5 rings (SSSR count). The van der Waals surface area contributed by atoms with Crippen molar-refractivity contribution >= 4 is 56.6 Å². The minimum atomic E-state index is -0.136. The summed E-state index contributed by atoms with van der Waals surface area (Å²) < 4.78 is 12.6. The molecule has 1 amide bonds. The van der Waals surface area contributed by atoms with E-state index in [0.717, 1.165) is 61.8 Å². The van der Waals surface area contributed by atoms with Crippen molar-refractivity contribution in [2.75, 3.05) is 49.7 Å². The number of rotatable bonds is 8. The Hall–Kier alpha value is -2.68. The Bertz CT molecular complexity index is 1370. The van der Waals surface area contributed by atoms with E-state index < -0.39 is 0 Å². The number of aromatic nitrogens is 1. The first-order valence-corrected chi connectivity index (χ1v) is 14.9. The normalized spacial score (nSPS) is 17.7. The van der Waals surface area contributed by atoms with E-state index in [4.69, 9.17) is 20.7 Å². The molecule has 7 nitrogen and oxygen atoms in total. The number of carbonyl (C=O) groups excluding carboxylic acids is 2. The van der Waals surface area contributed by atoms with Crippen LogP contribution in [0.1, 0.15) is 45.2 Å². The van der Waals surface area contributed by atoms with Crippen LogP contribution in [0.25, 0.3) is 10.1 Å². The van der Waals surface area contributed by atoms with Crippen molar-refractivity contribution in [2.24, 2.45) is 11.3 Å². The van der Waals surface area contributed by atoms with Crippen LogP contribution in [0.5, 0.6) is 0 Å². The molecular formula is C30H38ClN4O3S+. The maximum atomic E-state index is 12.9. The SMILES string of the molecule is CC(CC(=O)OC[N+]1(CCc2cc3c(cc2Cl)NC(=O)C3)CCN(c2nsc3ccccc23)CC1)C(C)(C)C.